The summed E-state index contributed by atoms with van der Waals surface area (Å²) in [6, 6.07) is 6.81. The van der Waals surface area contributed by atoms with Gasteiger partial charge in [-0.2, -0.15) is 0 Å². The normalized spacial score (nSPS) is 17.2. The van der Waals surface area contributed by atoms with Gasteiger partial charge < -0.3 is 5.32 Å². The molecule has 0 amide bonds. The van der Waals surface area contributed by atoms with Crippen molar-refractivity contribution in [1.29, 1.82) is 0 Å². The highest BCUT2D eigenvalue weighted by molar-refractivity contribution is 14.1. The van der Waals surface area contributed by atoms with Gasteiger partial charge in [0.1, 0.15) is 0 Å². The molecule has 0 aliphatic heterocycles. The summed E-state index contributed by atoms with van der Waals surface area (Å²) in [5.74, 6) is 0. The molecule has 0 atom stereocenters. The van der Waals surface area contributed by atoms with Gasteiger partial charge in [0, 0.05) is 21.2 Å². The quantitative estimate of drug-likeness (QED) is 0.824. The van der Waals surface area contributed by atoms with Crippen molar-refractivity contribution in [2.75, 3.05) is 0 Å². The maximum Gasteiger partial charge on any atom is 0.0409 e. The van der Waals surface area contributed by atoms with Gasteiger partial charge >= 0.3 is 0 Å². The summed E-state index contributed by atoms with van der Waals surface area (Å²) < 4.78 is 1.29. The maximum absolute atomic E-state index is 5.98. The molecule has 0 bridgehead atoms. The Balaban J connectivity index is 1.94. The van der Waals surface area contributed by atoms with Crippen molar-refractivity contribution in [3.63, 3.8) is 0 Å². The average molecular weight is 336 g/mol. The van der Waals surface area contributed by atoms with Gasteiger partial charge in [0.2, 0.25) is 0 Å². The maximum atomic E-state index is 5.98. The molecule has 1 aliphatic rings. The minimum absolute atomic E-state index is 0.722. The zero-order valence-corrected chi connectivity index (χ0v) is 11.5. The largest absolute Gasteiger partial charge is 0.310 e. The Morgan fingerprint density at radius 1 is 1.33 bits per heavy atom. The Morgan fingerprint density at radius 2 is 2.07 bits per heavy atom. The van der Waals surface area contributed by atoms with Crippen LogP contribution in [0.15, 0.2) is 18.2 Å². The van der Waals surface area contributed by atoms with Gasteiger partial charge in [0.15, 0.2) is 0 Å². The third-order valence-corrected chi connectivity index (χ3v) is 4.23. The van der Waals surface area contributed by atoms with Gasteiger partial charge in [0.25, 0.3) is 0 Å². The number of hydrogen-bond acceptors (Lipinski definition) is 1. The van der Waals surface area contributed by atoms with Crippen molar-refractivity contribution in [2.24, 2.45) is 0 Å². The van der Waals surface area contributed by atoms with Gasteiger partial charge in [0.05, 0.1) is 0 Å². The van der Waals surface area contributed by atoms with Gasteiger partial charge in [-0.15, -0.1) is 0 Å². The van der Waals surface area contributed by atoms with Crippen molar-refractivity contribution in [3.05, 3.63) is 32.4 Å². The second kappa shape index (κ2) is 5.51. The third-order valence-electron chi connectivity index (χ3n) is 2.94. The Kier molecular flexibility index (Phi) is 4.29. The van der Waals surface area contributed by atoms with Crippen LogP contribution in [-0.4, -0.2) is 6.04 Å². The number of halogens is 2. The van der Waals surface area contributed by atoms with Crippen LogP contribution in [0.5, 0.6) is 0 Å². The molecule has 0 unspecified atom stereocenters. The lowest BCUT2D eigenvalue weighted by Gasteiger charge is -2.12. The minimum atomic E-state index is 0.722. The summed E-state index contributed by atoms with van der Waals surface area (Å²) in [7, 11) is 0. The summed E-state index contributed by atoms with van der Waals surface area (Å²) in [6.45, 7) is 0.948. The molecule has 3 heteroatoms. The van der Waals surface area contributed by atoms with E-state index in [1.807, 2.05) is 6.07 Å². The average Bonchev–Trinajstić information content (AvgIpc) is 2.72. The van der Waals surface area contributed by atoms with E-state index in [2.05, 4.69) is 40.0 Å². The zero-order valence-electron chi connectivity index (χ0n) is 8.60. The molecule has 0 saturated heterocycles. The van der Waals surface area contributed by atoms with Crippen molar-refractivity contribution in [3.8, 4) is 0 Å². The number of benzene rings is 1. The van der Waals surface area contributed by atoms with Gasteiger partial charge in [-0.05, 0) is 59.2 Å². The van der Waals surface area contributed by atoms with Crippen LogP contribution in [0.3, 0.4) is 0 Å². The van der Waals surface area contributed by atoms with E-state index in [-0.39, 0.29) is 0 Å². The first-order chi connectivity index (χ1) is 7.25. The molecule has 0 spiro atoms. The molecule has 2 rings (SSSR count). The van der Waals surface area contributed by atoms with E-state index in [9.17, 15) is 0 Å². The lowest BCUT2D eigenvalue weighted by Crippen LogP contribution is -2.25. The molecule has 0 radical (unpaired) electrons. The van der Waals surface area contributed by atoms with Crippen LogP contribution >= 0.6 is 34.2 Å². The topological polar surface area (TPSA) is 12.0 Å². The molecule has 1 saturated carbocycles. The Labute approximate surface area is 110 Å². The van der Waals surface area contributed by atoms with Crippen LogP contribution < -0.4 is 5.32 Å². The van der Waals surface area contributed by atoms with E-state index in [1.54, 1.807) is 0 Å². The number of rotatable bonds is 3. The third kappa shape index (κ3) is 3.33. The Hall–Kier alpha value is 0.200. The van der Waals surface area contributed by atoms with E-state index >= 15 is 0 Å². The van der Waals surface area contributed by atoms with Crippen LogP contribution in [0.4, 0.5) is 0 Å². The lowest BCUT2D eigenvalue weighted by atomic mass is 10.2. The summed E-state index contributed by atoms with van der Waals surface area (Å²) in [5, 5.41) is 4.43. The molecule has 82 valence electrons. The molecule has 1 nitrogen and oxygen atoms in total. The van der Waals surface area contributed by atoms with E-state index < -0.39 is 0 Å². The summed E-state index contributed by atoms with van der Waals surface area (Å²) >= 11 is 8.35. The van der Waals surface area contributed by atoms with Crippen molar-refractivity contribution in [1.82, 2.24) is 5.32 Å². The fourth-order valence-electron chi connectivity index (χ4n) is 2.06. The summed E-state index contributed by atoms with van der Waals surface area (Å²) in [6.07, 6.45) is 5.42. The fraction of sp³-hybridized carbons (Fsp3) is 0.500. The smallest absolute Gasteiger partial charge is 0.0409 e. The molecule has 1 aliphatic carbocycles. The molecule has 1 aromatic rings. The van der Waals surface area contributed by atoms with E-state index in [1.165, 1.54) is 34.8 Å². The molecule has 15 heavy (non-hydrogen) atoms. The molecule has 0 aromatic heterocycles. The molecule has 0 heterocycles. The van der Waals surface area contributed by atoms with Crippen LogP contribution in [0.2, 0.25) is 5.02 Å². The lowest BCUT2D eigenvalue weighted by molar-refractivity contribution is 0.523. The first-order valence-electron chi connectivity index (χ1n) is 5.43. The molecular formula is C12H15ClIN. The van der Waals surface area contributed by atoms with E-state index in [0.717, 1.165) is 17.6 Å². The van der Waals surface area contributed by atoms with Crippen molar-refractivity contribution in [2.45, 2.75) is 38.3 Å². The van der Waals surface area contributed by atoms with E-state index in [4.69, 9.17) is 11.6 Å². The molecule has 1 fully saturated rings. The predicted octanol–water partition coefficient (Wildman–Crippen LogP) is 3.98. The van der Waals surface area contributed by atoms with Crippen molar-refractivity contribution < 1.29 is 0 Å². The van der Waals surface area contributed by atoms with Gasteiger partial charge in [-0.3, -0.25) is 0 Å². The molecule has 1 aromatic carbocycles. The Morgan fingerprint density at radius 3 is 2.80 bits per heavy atom. The van der Waals surface area contributed by atoms with Crippen LogP contribution in [0.1, 0.15) is 31.2 Å². The standard InChI is InChI=1S/C12H15ClIN/c13-10-5-6-12(14)9(7-10)8-15-11-3-1-2-4-11/h5-7,11,15H,1-4,8H2. The van der Waals surface area contributed by atoms with Crippen LogP contribution in [-0.2, 0) is 6.54 Å². The van der Waals surface area contributed by atoms with Crippen molar-refractivity contribution >= 4 is 34.2 Å². The predicted molar refractivity (Wildman–Crippen MR) is 73.3 cm³/mol. The van der Waals surface area contributed by atoms with Crippen LogP contribution in [0.25, 0.3) is 0 Å². The summed E-state index contributed by atoms with van der Waals surface area (Å²) in [5.41, 5.74) is 1.31. The number of hydrogen-bond donors (Lipinski definition) is 1. The first kappa shape index (κ1) is 11.7. The minimum Gasteiger partial charge on any atom is -0.310 e. The monoisotopic (exact) mass is 335 g/mol. The second-order valence-electron chi connectivity index (χ2n) is 4.10. The van der Waals surface area contributed by atoms with E-state index in [0.29, 0.717) is 0 Å². The summed E-state index contributed by atoms with van der Waals surface area (Å²) in [4.78, 5) is 0. The zero-order chi connectivity index (χ0) is 10.7. The highest BCUT2D eigenvalue weighted by Crippen LogP contribution is 2.21. The molecule has 1 N–H and O–H groups in total. The van der Waals surface area contributed by atoms with Crippen LogP contribution in [0, 0.1) is 3.57 Å². The van der Waals surface area contributed by atoms with Gasteiger partial charge in [-0.1, -0.05) is 24.4 Å². The highest BCUT2D eigenvalue weighted by atomic mass is 127. The SMILES string of the molecule is Clc1ccc(I)c(CNC2CCCC2)c1. The fourth-order valence-corrected chi connectivity index (χ4v) is 2.78. The Bertz CT molecular complexity index is 334. The molecular weight excluding hydrogens is 320 g/mol. The second-order valence-corrected chi connectivity index (χ2v) is 5.70. The van der Waals surface area contributed by atoms with Gasteiger partial charge in [-0.25, -0.2) is 0 Å². The first-order valence-corrected chi connectivity index (χ1v) is 6.88. The number of nitrogens with one attached hydrogen (secondary N) is 1. The highest BCUT2D eigenvalue weighted by Gasteiger charge is 2.14.